The van der Waals surface area contributed by atoms with Crippen LogP contribution in [0.1, 0.15) is 30.4 Å². The van der Waals surface area contributed by atoms with Crippen LogP contribution in [-0.2, 0) is 4.79 Å². The standard InChI is InChI=1S/C24H29N3O3/c1-3-11-25-24(30)26-13-20-23(21(15-28)27(20)22(29)14-26)18-9-7-17(8-10-18)19-6-4-5-16(2)12-19/h4-10,12,20-21,23,28H,3,11,13-15H2,1-2H3,(H,25,30)/t20-,21+,23+/m1/s1. The molecule has 3 amide bonds. The number of rotatable bonds is 5. The van der Waals surface area contributed by atoms with E-state index in [2.05, 4.69) is 60.8 Å². The van der Waals surface area contributed by atoms with Crippen LogP contribution in [0.2, 0.25) is 0 Å². The third-order valence-electron chi connectivity index (χ3n) is 6.21. The number of benzene rings is 2. The smallest absolute Gasteiger partial charge is 0.317 e. The van der Waals surface area contributed by atoms with Gasteiger partial charge >= 0.3 is 6.03 Å². The molecular weight excluding hydrogens is 378 g/mol. The van der Waals surface area contributed by atoms with Gasteiger partial charge < -0.3 is 20.2 Å². The Labute approximate surface area is 177 Å². The molecule has 3 atom stereocenters. The van der Waals surface area contributed by atoms with E-state index in [1.165, 1.54) is 11.1 Å². The molecule has 0 aliphatic carbocycles. The number of urea groups is 1. The largest absolute Gasteiger partial charge is 0.394 e. The molecule has 2 aliphatic heterocycles. The van der Waals surface area contributed by atoms with Crippen molar-refractivity contribution >= 4 is 11.9 Å². The molecule has 6 nitrogen and oxygen atoms in total. The van der Waals surface area contributed by atoms with Gasteiger partial charge in [0.05, 0.1) is 18.7 Å². The van der Waals surface area contributed by atoms with Crippen molar-refractivity contribution < 1.29 is 14.7 Å². The molecular formula is C24H29N3O3. The minimum atomic E-state index is -0.229. The third-order valence-corrected chi connectivity index (χ3v) is 6.21. The van der Waals surface area contributed by atoms with Crippen molar-refractivity contribution in [2.24, 2.45) is 0 Å². The first-order chi connectivity index (χ1) is 14.5. The molecule has 4 rings (SSSR count). The number of hydrogen-bond acceptors (Lipinski definition) is 3. The van der Waals surface area contributed by atoms with Gasteiger partial charge in [-0.1, -0.05) is 61.0 Å². The van der Waals surface area contributed by atoms with Crippen LogP contribution in [0.5, 0.6) is 0 Å². The van der Waals surface area contributed by atoms with Crippen molar-refractivity contribution in [2.45, 2.75) is 38.3 Å². The molecule has 2 aliphatic rings. The summed E-state index contributed by atoms with van der Waals surface area (Å²) >= 11 is 0. The number of nitrogens with one attached hydrogen (secondary N) is 1. The van der Waals surface area contributed by atoms with E-state index in [4.69, 9.17) is 0 Å². The topological polar surface area (TPSA) is 72.9 Å². The Morgan fingerprint density at radius 3 is 2.60 bits per heavy atom. The molecule has 0 unspecified atom stereocenters. The van der Waals surface area contributed by atoms with Gasteiger partial charge in [-0.15, -0.1) is 0 Å². The molecule has 0 radical (unpaired) electrons. The predicted octanol–water partition coefficient (Wildman–Crippen LogP) is 2.75. The van der Waals surface area contributed by atoms with Crippen molar-refractivity contribution in [1.29, 1.82) is 0 Å². The van der Waals surface area contributed by atoms with Gasteiger partial charge in [0.2, 0.25) is 5.91 Å². The summed E-state index contributed by atoms with van der Waals surface area (Å²) in [4.78, 5) is 28.4. The monoisotopic (exact) mass is 407 g/mol. The number of fused-ring (bicyclic) bond motifs is 1. The van der Waals surface area contributed by atoms with Crippen molar-refractivity contribution in [1.82, 2.24) is 15.1 Å². The second-order valence-corrected chi connectivity index (χ2v) is 8.25. The average molecular weight is 408 g/mol. The number of amides is 3. The van der Waals surface area contributed by atoms with Gasteiger partial charge in [0.15, 0.2) is 0 Å². The molecule has 0 aromatic heterocycles. The summed E-state index contributed by atoms with van der Waals surface area (Å²) in [6, 6.07) is 16.2. The Hall–Kier alpha value is -2.86. The number of hydrogen-bond donors (Lipinski definition) is 2. The molecule has 0 spiro atoms. The van der Waals surface area contributed by atoms with E-state index in [9.17, 15) is 14.7 Å². The Morgan fingerprint density at radius 1 is 1.17 bits per heavy atom. The van der Waals surface area contributed by atoms with Crippen molar-refractivity contribution in [2.75, 3.05) is 26.2 Å². The molecule has 2 N–H and O–H groups in total. The van der Waals surface area contributed by atoms with E-state index in [1.807, 2.05) is 6.92 Å². The maximum absolute atomic E-state index is 12.7. The van der Waals surface area contributed by atoms with Gasteiger partial charge in [0.25, 0.3) is 0 Å². The fourth-order valence-corrected chi connectivity index (χ4v) is 4.72. The minimum Gasteiger partial charge on any atom is -0.394 e. The second kappa shape index (κ2) is 8.48. The van der Waals surface area contributed by atoms with Gasteiger partial charge in [0, 0.05) is 19.0 Å². The molecule has 2 aromatic rings. The number of aliphatic hydroxyl groups is 1. The van der Waals surface area contributed by atoms with Gasteiger partial charge in [-0.3, -0.25) is 4.79 Å². The number of nitrogens with zero attached hydrogens (tertiary/aromatic N) is 2. The normalized spacial score (nSPS) is 23.0. The first-order valence-electron chi connectivity index (χ1n) is 10.6. The first-order valence-corrected chi connectivity index (χ1v) is 10.6. The molecule has 2 heterocycles. The summed E-state index contributed by atoms with van der Waals surface area (Å²) in [5.74, 6) is -0.0723. The Morgan fingerprint density at radius 2 is 1.93 bits per heavy atom. The molecule has 158 valence electrons. The summed E-state index contributed by atoms with van der Waals surface area (Å²) in [6.07, 6.45) is 0.853. The Balaban J connectivity index is 1.54. The van der Waals surface area contributed by atoms with Gasteiger partial charge in [-0.25, -0.2) is 4.79 Å². The number of carbonyl (C=O) groups is 2. The fourth-order valence-electron chi connectivity index (χ4n) is 4.72. The van der Waals surface area contributed by atoms with E-state index in [0.717, 1.165) is 17.5 Å². The molecule has 0 saturated carbocycles. The van der Waals surface area contributed by atoms with Gasteiger partial charge in [-0.05, 0) is 30.0 Å². The van der Waals surface area contributed by atoms with Crippen molar-refractivity contribution in [3.05, 3.63) is 59.7 Å². The third kappa shape index (κ3) is 3.67. The van der Waals surface area contributed by atoms with Crippen LogP contribution < -0.4 is 5.32 Å². The highest BCUT2D eigenvalue weighted by Gasteiger charge is 2.54. The van der Waals surface area contributed by atoms with Crippen LogP contribution in [0, 0.1) is 6.92 Å². The average Bonchev–Trinajstić information content (AvgIpc) is 2.73. The zero-order valence-electron chi connectivity index (χ0n) is 17.5. The highest BCUT2D eigenvalue weighted by molar-refractivity contribution is 5.87. The highest BCUT2D eigenvalue weighted by atomic mass is 16.3. The highest BCUT2D eigenvalue weighted by Crippen LogP contribution is 2.43. The summed E-state index contributed by atoms with van der Waals surface area (Å²) in [6.45, 7) is 5.16. The number of piperazine rings is 1. The van der Waals surface area contributed by atoms with E-state index in [-0.39, 0.29) is 43.1 Å². The van der Waals surface area contributed by atoms with E-state index in [1.54, 1.807) is 9.80 Å². The van der Waals surface area contributed by atoms with Crippen LogP contribution in [0.15, 0.2) is 48.5 Å². The summed E-state index contributed by atoms with van der Waals surface area (Å²) < 4.78 is 0. The number of carbonyl (C=O) groups excluding carboxylic acids is 2. The summed E-state index contributed by atoms with van der Waals surface area (Å²) in [5, 5.41) is 12.8. The lowest BCUT2D eigenvalue weighted by Gasteiger charge is -2.58. The lowest BCUT2D eigenvalue weighted by Crippen LogP contribution is -2.73. The van der Waals surface area contributed by atoms with Crippen LogP contribution in [0.3, 0.4) is 0 Å². The van der Waals surface area contributed by atoms with E-state index in [0.29, 0.717) is 13.1 Å². The maximum atomic E-state index is 12.7. The van der Waals surface area contributed by atoms with Crippen LogP contribution in [-0.4, -0.2) is 65.2 Å². The molecule has 0 bridgehead atoms. The summed E-state index contributed by atoms with van der Waals surface area (Å²) in [7, 11) is 0. The van der Waals surface area contributed by atoms with Crippen molar-refractivity contribution in [3.63, 3.8) is 0 Å². The van der Waals surface area contributed by atoms with E-state index < -0.39 is 0 Å². The molecule has 2 fully saturated rings. The second-order valence-electron chi connectivity index (χ2n) is 8.25. The van der Waals surface area contributed by atoms with Gasteiger partial charge in [0.1, 0.15) is 6.54 Å². The van der Waals surface area contributed by atoms with Crippen LogP contribution in [0.4, 0.5) is 4.79 Å². The summed E-state index contributed by atoms with van der Waals surface area (Å²) in [5.41, 5.74) is 4.62. The lowest BCUT2D eigenvalue weighted by molar-refractivity contribution is -0.159. The minimum absolute atomic E-state index is 0.0206. The molecule has 30 heavy (non-hydrogen) atoms. The van der Waals surface area contributed by atoms with E-state index >= 15 is 0 Å². The number of aryl methyl sites for hydroxylation is 1. The Kier molecular flexibility index (Phi) is 5.77. The SMILES string of the molecule is CCCNC(=O)N1CC(=O)N2[C@H](C1)[C@H](c1ccc(-c3cccc(C)c3)cc1)[C@@H]2CO. The zero-order chi connectivity index (χ0) is 21.3. The molecule has 6 heteroatoms. The number of aliphatic hydroxyl groups excluding tert-OH is 1. The van der Waals surface area contributed by atoms with Gasteiger partial charge in [-0.2, -0.15) is 0 Å². The Bertz CT molecular complexity index is 928. The fraction of sp³-hybridized carbons (Fsp3) is 0.417. The van der Waals surface area contributed by atoms with Crippen LogP contribution >= 0.6 is 0 Å². The molecule has 2 saturated heterocycles. The van der Waals surface area contributed by atoms with Crippen molar-refractivity contribution in [3.8, 4) is 11.1 Å². The first kappa shape index (κ1) is 20.4. The predicted molar refractivity (Wildman–Crippen MR) is 116 cm³/mol. The maximum Gasteiger partial charge on any atom is 0.317 e. The molecule has 2 aromatic carbocycles. The zero-order valence-corrected chi connectivity index (χ0v) is 17.5. The lowest BCUT2D eigenvalue weighted by atomic mass is 9.73. The quantitative estimate of drug-likeness (QED) is 0.801. The van der Waals surface area contributed by atoms with Crippen LogP contribution in [0.25, 0.3) is 11.1 Å².